The maximum atomic E-state index is 11.6. The summed E-state index contributed by atoms with van der Waals surface area (Å²) in [5, 5.41) is 9.55. The van der Waals surface area contributed by atoms with Crippen LogP contribution in [-0.2, 0) is 20.6 Å². The minimum atomic E-state index is -1.90. The molecule has 1 rings (SSSR count). The number of hydrogen-bond donors (Lipinski definition) is 1. The molecule has 1 aromatic rings. The fourth-order valence-electron chi connectivity index (χ4n) is 3.32. The summed E-state index contributed by atoms with van der Waals surface area (Å²) in [5.74, 6) is -0.545. The molecule has 6 heteroatoms. The van der Waals surface area contributed by atoms with Gasteiger partial charge in [0.25, 0.3) is 0 Å². The molecule has 0 aliphatic rings. The first kappa shape index (κ1) is 23.7. The van der Waals surface area contributed by atoms with Crippen LogP contribution in [0.5, 0.6) is 5.75 Å². The fourth-order valence-corrected chi connectivity index (χ4v) is 6.33. The molecule has 27 heavy (non-hydrogen) atoms. The van der Waals surface area contributed by atoms with Gasteiger partial charge < -0.3 is 19.0 Å². The van der Waals surface area contributed by atoms with E-state index in [0.29, 0.717) is 13.2 Å². The summed E-state index contributed by atoms with van der Waals surface area (Å²) in [6.07, 6.45) is -0.329. The highest BCUT2D eigenvalue weighted by Crippen LogP contribution is 2.29. The van der Waals surface area contributed by atoms with Crippen molar-refractivity contribution < 1.29 is 23.8 Å². The molecule has 0 amide bonds. The quantitative estimate of drug-likeness (QED) is 0.477. The van der Waals surface area contributed by atoms with E-state index in [9.17, 15) is 9.90 Å². The molecule has 0 saturated heterocycles. The molecule has 1 N–H and O–H groups in total. The van der Waals surface area contributed by atoms with Crippen molar-refractivity contribution in [3.63, 3.8) is 0 Å². The molecule has 0 spiro atoms. The molecule has 0 saturated carbocycles. The molecule has 0 unspecified atom stereocenters. The third-order valence-corrected chi connectivity index (χ3v) is 10.2. The Morgan fingerprint density at radius 1 is 1.07 bits per heavy atom. The van der Waals surface area contributed by atoms with Crippen LogP contribution in [0.15, 0.2) is 24.3 Å². The zero-order chi connectivity index (χ0) is 20.4. The molecular formula is C21H36O5Si. The first-order valence-corrected chi connectivity index (χ1v) is 12.5. The van der Waals surface area contributed by atoms with E-state index in [1.807, 2.05) is 31.2 Å². The van der Waals surface area contributed by atoms with Crippen LogP contribution in [0.25, 0.3) is 0 Å². The van der Waals surface area contributed by atoms with Gasteiger partial charge in [-0.05, 0) is 42.8 Å². The van der Waals surface area contributed by atoms with Gasteiger partial charge in [0, 0.05) is 5.92 Å². The standard InChI is InChI=1S/C21H36O5Si/c1-7-27(8-2,9-3)26-20(17(5)21(22)23)16(4)14-25-15-18-10-12-19(24-6)13-11-18/h10-13,16-17,20H,7-9,14-15H2,1-6H3,(H,22,23)/t16-,17+,20-/m0/s1. The van der Waals surface area contributed by atoms with Gasteiger partial charge in [-0.25, -0.2) is 0 Å². The number of benzene rings is 1. The lowest BCUT2D eigenvalue weighted by Gasteiger charge is -2.37. The highest BCUT2D eigenvalue weighted by molar-refractivity contribution is 6.73. The third-order valence-electron chi connectivity index (χ3n) is 5.57. The number of carboxylic acid groups (broad SMARTS) is 1. The molecule has 0 aromatic heterocycles. The lowest BCUT2D eigenvalue weighted by atomic mass is 9.94. The van der Waals surface area contributed by atoms with Gasteiger partial charge in [-0.1, -0.05) is 39.8 Å². The van der Waals surface area contributed by atoms with Crippen molar-refractivity contribution in [1.82, 2.24) is 0 Å². The molecule has 1 aromatic carbocycles. The van der Waals surface area contributed by atoms with E-state index >= 15 is 0 Å². The smallest absolute Gasteiger partial charge is 0.308 e. The predicted molar refractivity (Wildman–Crippen MR) is 111 cm³/mol. The molecule has 0 heterocycles. The summed E-state index contributed by atoms with van der Waals surface area (Å²) in [6.45, 7) is 11.2. The summed E-state index contributed by atoms with van der Waals surface area (Å²) in [7, 11) is -0.256. The summed E-state index contributed by atoms with van der Waals surface area (Å²) < 4.78 is 17.6. The van der Waals surface area contributed by atoms with Crippen molar-refractivity contribution in [3.8, 4) is 5.75 Å². The van der Waals surface area contributed by atoms with E-state index in [1.54, 1.807) is 14.0 Å². The average molecular weight is 397 g/mol. The van der Waals surface area contributed by atoms with Crippen LogP contribution in [0.1, 0.15) is 40.2 Å². The van der Waals surface area contributed by atoms with Crippen LogP contribution < -0.4 is 4.74 Å². The number of carbonyl (C=O) groups is 1. The van der Waals surface area contributed by atoms with Crippen LogP contribution >= 0.6 is 0 Å². The second-order valence-corrected chi connectivity index (χ2v) is 12.0. The van der Waals surface area contributed by atoms with Crippen molar-refractivity contribution in [2.24, 2.45) is 11.8 Å². The average Bonchev–Trinajstić information content (AvgIpc) is 2.69. The lowest BCUT2D eigenvalue weighted by Crippen LogP contribution is -2.47. The van der Waals surface area contributed by atoms with Crippen LogP contribution in [0.4, 0.5) is 0 Å². The predicted octanol–water partition coefficient (Wildman–Crippen LogP) is 4.96. The number of ether oxygens (including phenoxy) is 2. The first-order chi connectivity index (χ1) is 12.8. The molecule has 0 radical (unpaired) electrons. The van der Waals surface area contributed by atoms with Crippen molar-refractivity contribution in [3.05, 3.63) is 29.8 Å². The maximum absolute atomic E-state index is 11.6. The van der Waals surface area contributed by atoms with Gasteiger partial charge in [0.2, 0.25) is 0 Å². The minimum absolute atomic E-state index is 0.00544. The lowest BCUT2D eigenvalue weighted by molar-refractivity contribution is -0.146. The number of aliphatic carboxylic acids is 1. The maximum Gasteiger partial charge on any atom is 0.308 e. The number of methoxy groups -OCH3 is 1. The Hall–Kier alpha value is -1.37. The summed E-state index contributed by atoms with van der Waals surface area (Å²) in [6, 6.07) is 10.8. The normalized spacial score (nSPS) is 15.2. The second kappa shape index (κ2) is 11.5. The Balaban J connectivity index is 2.74. The molecule has 0 fully saturated rings. The third kappa shape index (κ3) is 6.94. The van der Waals surface area contributed by atoms with Gasteiger partial charge in [-0.2, -0.15) is 0 Å². The Morgan fingerprint density at radius 3 is 2.07 bits per heavy atom. The van der Waals surface area contributed by atoms with Gasteiger partial charge in [-0.15, -0.1) is 0 Å². The van der Waals surface area contributed by atoms with Gasteiger partial charge in [0.1, 0.15) is 5.75 Å². The topological polar surface area (TPSA) is 65.0 Å². The largest absolute Gasteiger partial charge is 0.497 e. The molecule has 0 bridgehead atoms. The number of carboxylic acids is 1. The van der Waals surface area contributed by atoms with E-state index in [4.69, 9.17) is 13.9 Å². The van der Waals surface area contributed by atoms with E-state index in [1.165, 1.54) is 0 Å². The summed E-state index contributed by atoms with van der Waals surface area (Å²) in [5.41, 5.74) is 1.06. The summed E-state index contributed by atoms with van der Waals surface area (Å²) in [4.78, 5) is 11.6. The monoisotopic (exact) mass is 396 g/mol. The van der Waals surface area contributed by atoms with E-state index in [-0.39, 0.29) is 12.0 Å². The number of hydrogen-bond acceptors (Lipinski definition) is 4. The van der Waals surface area contributed by atoms with E-state index in [2.05, 4.69) is 20.8 Å². The van der Waals surface area contributed by atoms with E-state index < -0.39 is 20.2 Å². The van der Waals surface area contributed by atoms with Crippen LogP contribution in [0.2, 0.25) is 18.1 Å². The van der Waals surface area contributed by atoms with Gasteiger partial charge >= 0.3 is 5.97 Å². The first-order valence-electron chi connectivity index (χ1n) is 9.93. The fraction of sp³-hybridized carbons (Fsp3) is 0.667. The zero-order valence-corrected chi connectivity index (χ0v) is 18.7. The Kier molecular flexibility index (Phi) is 10.0. The van der Waals surface area contributed by atoms with Crippen LogP contribution in [0, 0.1) is 11.8 Å². The molecule has 3 atom stereocenters. The highest BCUT2D eigenvalue weighted by atomic mass is 28.4. The van der Waals surface area contributed by atoms with Crippen molar-refractivity contribution in [1.29, 1.82) is 0 Å². The van der Waals surface area contributed by atoms with Gasteiger partial charge in [-0.3, -0.25) is 4.79 Å². The zero-order valence-electron chi connectivity index (χ0n) is 17.7. The van der Waals surface area contributed by atoms with Gasteiger partial charge in [0.05, 0.1) is 32.3 Å². The van der Waals surface area contributed by atoms with Gasteiger partial charge in [0.15, 0.2) is 8.32 Å². The SMILES string of the molecule is CC[Si](CC)(CC)O[C@@H]([C@@H](C)COCc1ccc(OC)cc1)[C@@H](C)C(=O)O. The second-order valence-electron chi connectivity index (χ2n) is 7.29. The van der Waals surface area contributed by atoms with Crippen LogP contribution in [0.3, 0.4) is 0 Å². The summed E-state index contributed by atoms with van der Waals surface area (Å²) >= 11 is 0. The molecular weight excluding hydrogens is 360 g/mol. The van der Waals surface area contributed by atoms with Crippen molar-refractivity contribution >= 4 is 14.3 Å². The Bertz CT molecular complexity index is 548. The van der Waals surface area contributed by atoms with Crippen LogP contribution in [-0.4, -0.2) is 39.2 Å². The molecule has 0 aliphatic heterocycles. The molecule has 0 aliphatic carbocycles. The number of rotatable bonds is 13. The Labute approximate surface area is 165 Å². The molecule has 5 nitrogen and oxygen atoms in total. The minimum Gasteiger partial charge on any atom is -0.497 e. The molecule has 154 valence electrons. The van der Waals surface area contributed by atoms with Crippen molar-refractivity contribution in [2.45, 2.75) is 65.5 Å². The van der Waals surface area contributed by atoms with E-state index in [0.717, 1.165) is 29.4 Å². The van der Waals surface area contributed by atoms with Crippen molar-refractivity contribution in [2.75, 3.05) is 13.7 Å². The highest BCUT2D eigenvalue weighted by Gasteiger charge is 2.38. The Morgan fingerprint density at radius 2 is 1.63 bits per heavy atom.